The number of halogens is 1. The molecule has 1 amide bonds. The normalized spacial score (nSPS) is 15.6. The van der Waals surface area contributed by atoms with Crippen LogP contribution in [0.3, 0.4) is 0 Å². The molecule has 0 bridgehead atoms. The Hall–Kier alpha value is -1.59. The second-order valence-electron chi connectivity index (χ2n) is 8.81. The van der Waals surface area contributed by atoms with Gasteiger partial charge >= 0.3 is 6.09 Å². The summed E-state index contributed by atoms with van der Waals surface area (Å²) >= 11 is 0. The largest absolute Gasteiger partial charge is 0.444 e. The van der Waals surface area contributed by atoms with Gasteiger partial charge in [-0.05, 0) is 32.8 Å². The van der Waals surface area contributed by atoms with Crippen LogP contribution in [0.4, 0.5) is 4.79 Å². The summed E-state index contributed by atoms with van der Waals surface area (Å²) in [5, 5.41) is 9.42. The molecular formula is C23H41IN6O2. The molecule has 1 aliphatic heterocycles. The lowest BCUT2D eigenvalue weighted by atomic mass is 10.2. The minimum absolute atomic E-state index is 0. The summed E-state index contributed by atoms with van der Waals surface area (Å²) in [4.78, 5) is 20.9. The number of nitrogens with one attached hydrogen (secondary N) is 3. The summed E-state index contributed by atoms with van der Waals surface area (Å²) < 4.78 is 5.22. The van der Waals surface area contributed by atoms with Crippen molar-refractivity contribution in [2.45, 2.75) is 39.3 Å². The van der Waals surface area contributed by atoms with Crippen molar-refractivity contribution in [1.82, 2.24) is 25.8 Å². The number of hydrogen-bond acceptors (Lipinski definition) is 5. The smallest absolute Gasteiger partial charge is 0.407 e. The molecule has 1 fully saturated rings. The number of alkyl carbamates (subject to hydrolysis) is 1. The van der Waals surface area contributed by atoms with Gasteiger partial charge in [0.1, 0.15) is 5.60 Å². The maximum Gasteiger partial charge on any atom is 0.407 e. The Balaban J connectivity index is 0.00000512. The van der Waals surface area contributed by atoms with Crippen LogP contribution in [-0.2, 0) is 11.3 Å². The quantitative estimate of drug-likeness (QED) is 0.187. The van der Waals surface area contributed by atoms with E-state index >= 15 is 0 Å². The number of aliphatic imine (C=N–C) groups is 1. The highest BCUT2D eigenvalue weighted by molar-refractivity contribution is 14.0. The van der Waals surface area contributed by atoms with Crippen molar-refractivity contribution in [2.24, 2.45) is 4.99 Å². The molecule has 32 heavy (non-hydrogen) atoms. The number of benzene rings is 1. The molecule has 0 saturated carbocycles. The van der Waals surface area contributed by atoms with E-state index in [1.54, 1.807) is 7.05 Å². The molecule has 0 aliphatic carbocycles. The summed E-state index contributed by atoms with van der Waals surface area (Å²) in [7, 11) is 1.77. The van der Waals surface area contributed by atoms with Gasteiger partial charge < -0.3 is 20.7 Å². The Kier molecular flexibility index (Phi) is 13.6. The summed E-state index contributed by atoms with van der Waals surface area (Å²) in [5.74, 6) is 0.792. The summed E-state index contributed by atoms with van der Waals surface area (Å²) in [5.41, 5.74) is 0.914. The molecule has 1 aromatic carbocycles. The van der Waals surface area contributed by atoms with Crippen LogP contribution in [0.2, 0.25) is 0 Å². The average Bonchev–Trinajstić information content (AvgIpc) is 2.73. The lowest BCUT2D eigenvalue weighted by Crippen LogP contribution is -2.49. The average molecular weight is 561 g/mol. The van der Waals surface area contributed by atoms with Crippen molar-refractivity contribution in [3.05, 3.63) is 35.9 Å². The Morgan fingerprint density at radius 3 is 2.19 bits per heavy atom. The van der Waals surface area contributed by atoms with E-state index in [1.807, 2.05) is 20.8 Å². The number of guanidine groups is 1. The van der Waals surface area contributed by atoms with E-state index in [0.29, 0.717) is 6.54 Å². The van der Waals surface area contributed by atoms with E-state index in [0.717, 1.165) is 64.7 Å². The summed E-state index contributed by atoms with van der Waals surface area (Å²) in [6.45, 7) is 14.1. The second-order valence-corrected chi connectivity index (χ2v) is 8.81. The van der Waals surface area contributed by atoms with E-state index in [4.69, 9.17) is 4.74 Å². The molecular weight excluding hydrogens is 519 g/mol. The van der Waals surface area contributed by atoms with Crippen LogP contribution in [0.1, 0.15) is 32.8 Å². The van der Waals surface area contributed by atoms with Crippen LogP contribution in [-0.4, -0.2) is 86.9 Å². The van der Waals surface area contributed by atoms with E-state index in [1.165, 1.54) is 5.56 Å². The van der Waals surface area contributed by atoms with Crippen molar-refractivity contribution in [2.75, 3.05) is 59.4 Å². The first kappa shape index (κ1) is 28.4. The van der Waals surface area contributed by atoms with Gasteiger partial charge in [0.15, 0.2) is 5.96 Å². The minimum Gasteiger partial charge on any atom is -0.444 e. The fourth-order valence-corrected chi connectivity index (χ4v) is 3.37. The molecule has 9 heteroatoms. The summed E-state index contributed by atoms with van der Waals surface area (Å²) in [6.07, 6.45) is 0.419. The van der Waals surface area contributed by atoms with Crippen LogP contribution < -0.4 is 16.0 Å². The molecule has 0 radical (unpaired) electrons. The molecule has 8 nitrogen and oxygen atoms in total. The molecule has 1 aromatic rings. The number of rotatable bonds is 9. The molecule has 182 valence electrons. The number of amides is 1. The van der Waals surface area contributed by atoms with Crippen LogP contribution in [0.25, 0.3) is 0 Å². The maximum absolute atomic E-state index is 11.6. The molecule has 0 atom stereocenters. The lowest BCUT2D eigenvalue weighted by molar-refractivity contribution is 0.0527. The third-order valence-electron chi connectivity index (χ3n) is 4.97. The third-order valence-corrected chi connectivity index (χ3v) is 4.97. The number of nitrogens with zero attached hydrogens (tertiary/aromatic N) is 3. The number of ether oxygens (including phenoxy) is 1. The van der Waals surface area contributed by atoms with Crippen molar-refractivity contribution in [1.29, 1.82) is 0 Å². The monoisotopic (exact) mass is 560 g/mol. The predicted octanol–water partition coefficient (Wildman–Crippen LogP) is 2.50. The number of piperazine rings is 1. The highest BCUT2D eigenvalue weighted by Crippen LogP contribution is 2.08. The van der Waals surface area contributed by atoms with Gasteiger partial charge in [-0.3, -0.25) is 14.8 Å². The van der Waals surface area contributed by atoms with Crippen LogP contribution in [0.15, 0.2) is 35.3 Å². The molecule has 1 saturated heterocycles. The van der Waals surface area contributed by atoms with E-state index in [2.05, 4.69) is 61.1 Å². The van der Waals surface area contributed by atoms with Crippen LogP contribution in [0, 0.1) is 0 Å². The highest BCUT2D eigenvalue weighted by atomic mass is 127. The van der Waals surface area contributed by atoms with Gasteiger partial charge in [-0.25, -0.2) is 4.79 Å². The van der Waals surface area contributed by atoms with E-state index in [9.17, 15) is 4.79 Å². The minimum atomic E-state index is -0.469. The zero-order valence-corrected chi connectivity index (χ0v) is 22.4. The molecule has 0 spiro atoms. The third kappa shape index (κ3) is 12.4. The highest BCUT2D eigenvalue weighted by Gasteiger charge is 2.17. The molecule has 2 rings (SSSR count). The van der Waals surface area contributed by atoms with Crippen molar-refractivity contribution in [3.8, 4) is 0 Å². The molecule has 1 heterocycles. The fourth-order valence-electron chi connectivity index (χ4n) is 3.37. The lowest BCUT2D eigenvalue weighted by Gasteiger charge is -2.34. The Labute approximate surface area is 210 Å². The van der Waals surface area contributed by atoms with Crippen molar-refractivity contribution >= 4 is 36.0 Å². The first-order valence-electron chi connectivity index (χ1n) is 11.3. The molecule has 3 N–H and O–H groups in total. The van der Waals surface area contributed by atoms with E-state index in [-0.39, 0.29) is 30.1 Å². The molecule has 0 aromatic heterocycles. The molecule has 1 aliphatic rings. The van der Waals surface area contributed by atoms with Gasteiger partial charge in [-0.15, -0.1) is 24.0 Å². The van der Waals surface area contributed by atoms with Crippen LogP contribution >= 0.6 is 24.0 Å². The number of carbonyl (C=O) groups is 1. The maximum atomic E-state index is 11.6. The first-order chi connectivity index (χ1) is 14.9. The van der Waals surface area contributed by atoms with Gasteiger partial charge in [0, 0.05) is 66.0 Å². The van der Waals surface area contributed by atoms with E-state index < -0.39 is 5.60 Å². The zero-order valence-electron chi connectivity index (χ0n) is 20.0. The van der Waals surface area contributed by atoms with Crippen molar-refractivity contribution < 1.29 is 9.53 Å². The SMILES string of the molecule is CN=C(NCCCNC(=O)OC(C)(C)C)NCCN1CCN(Cc2ccccc2)CC1.I. The number of carbonyl (C=O) groups excluding carboxylic acids is 1. The topological polar surface area (TPSA) is 81.2 Å². The Morgan fingerprint density at radius 1 is 0.969 bits per heavy atom. The Morgan fingerprint density at radius 2 is 1.56 bits per heavy atom. The Bertz CT molecular complexity index is 673. The standard InChI is InChI=1S/C23H40N6O2.HI/c1-23(2,3)31-22(30)27-12-8-11-25-21(24-4)26-13-14-28-15-17-29(18-16-28)19-20-9-6-5-7-10-20;/h5-7,9-10H,8,11-19H2,1-4H3,(H,27,30)(H2,24,25,26);1H. The van der Waals surface area contributed by atoms with Gasteiger partial charge in [-0.2, -0.15) is 0 Å². The van der Waals surface area contributed by atoms with Gasteiger partial charge in [0.2, 0.25) is 0 Å². The van der Waals surface area contributed by atoms with Crippen molar-refractivity contribution in [3.63, 3.8) is 0 Å². The zero-order chi connectivity index (χ0) is 22.5. The predicted molar refractivity (Wildman–Crippen MR) is 142 cm³/mol. The summed E-state index contributed by atoms with van der Waals surface area (Å²) in [6, 6.07) is 10.7. The van der Waals surface area contributed by atoms with Crippen LogP contribution in [0.5, 0.6) is 0 Å². The van der Waals surface area contributed by atoms with Gasteiger partial charge in [0.05, 0.1) is 0 Å². The second kappa shape index (κ2) is 15.3. The molecule has 0 unspecified atom stereocenters. The number of hydrogen-bond donors (Lipinski definition) is 3. The first-order valence-corrected chi connectivity index (χ1v) is 11.3. The fraction of sp³-hybridized carbons (Fsp3) is 0.652. The van der Waals surface area contributed by atoms with Gasteiger partial charge in [-0.1, -0.05) is 30.3 Å². The van der Waals surface area contributed by atoms with Gasteiger partial charge in [0.25, 0.3) is 0 Å².